The van der Waals surface area contributed by atoms with Gasteiger partial charge in [-0.25, -0.2) is 0 Å². The Labute approximate surface area is 116 Å². The topological polar surface area (TPSA) is 37.2 Å². The first-order valence-electron chi connectivity index (χ1n) is 7.47. The maximum Gasteiger partial charge on any atom is 0.320 e. The van der Waals surface area contributed by atoms with E-state index in [1.807, 2.05) is 6.92 Å². The van der Waals surface area contributed by atoms with Crippen LogP contribution in [0, 0.1) is 7.05 Å². The summed E-state index contributed by atoms with van der Waals surface area (Å²) in [5.41, 5.74) is 0. The summed E-state index contributed by atoms with van der Waals surface area (Å²) in [4.78, 5) is 17.7. The molecule has 2 heterocycles. The van der Waals surface area contributed by atoms with Crippen LogP contribution in [0.25, 0.3) is 0 Å². The second-order valence-electron chi connectivity index (χ2n) is 5.60. The highest BCUT2D eigenvalue weighted by molar-refractivity contribution is 5.71. The number of piperazine rings is 1. The van der Waals surface area contributed by atoms with Gasteiger partial charge in [0.2, 0.25) is 0 Å². The van der Waals surface area contributed by atoms with E-state index in [4.69, 9.17) is 4.74 Å². The molecular weight excluding hydrogens is 242 g/mol. The van der Waals surface area contributed by atoms with Gasteiger partial charge in [0.25, 0.3) is 0 Å². The summed E-state index contributed by atoms with van der Waals surface area (Å²) >= 11 is 0. The van der Waals surface area contributed by atoms with Crippen molar-refractivity contribution in [3.05, 3.63) is 7.05 Å². The van der Waals surface area contributed by atoms with Gasteiger partial charge >= 0.3 is 5.97 Å². The Hall–Kier alpha value is -0.650. The molecule has 0 aromatic carbocycles. The number of carbonyl (C=O) groups excluding carboxylic acids is 1. The molecule has 0 aromatic rings. The normalized spacial score (nSPS) is 30.2. The predicted molar refractivity (Wildman–Crippen MR) is 73.7 cm³/mol. The van der Waals surface area contributed by atoms with Crippen molar-refractivity contribution < 1.29 is 14.4 Å². The third kappa shape index (κ3) is 4.44. The molecular formula is C14H27N3O2. The van der Waals surface area contributed by atoms with Gasteiger partial charge < -0.3 is 9.64 Å². The maximum absolute atomic E-state index is 11.4. The predicted octanol–water partition coefficient (Wildman–Crippen LogP) is -0.994. The number of carbonyl (C=O) groups is 1. The number of esters is 1. The first-order chi connectivity index (χ1) is 9.19. The number of nitrogens with zero attached hydrogens (tertiary/aromatic N) is 2. The molecule has 2 aliphatic heterocycles. The lowest BCUT2D eigenvalue weighted by atomic mass is 10.0. The number of ether oxygens (including phenoxy) is 1. The Morgan fingerprint density at radius 3 is 2.47 bits per heavy atom. The van der Waals surface area contributed by atoms with Crippen molar-refractivity contribution in [1.29, 1.82) is 0 Å². The number of nitrogens with one attached hydrogen (secondary N) is 1. The van der Waals surface area contributed by atoms with E-state index in [-0.39, 0.29) is 5.97 Å². The SMILES string of the molecule is [CH2-][NH+]1CCC(N2CCN(CC(=O)OCC)CC2)CC1. The number of rotatable bonds is 4. The van der Waals surface area contributed by atoms with Gasteiger partial charge in [-0.05, 0) is 6.92 Å². The summed E-state index contributed by atoms with van der Waals surface area (Å²) in [6, 6.07) is 0.732. The lowest BCUT2D eigenvalue weighted by Crippen LogP contribution is -3.08. The number of likely N-dealkylation sites (tertiary alicyclic amines) is 1. The van der Waals surface area contributed by atoms with Gasteiger partial charge in [-0.15, -0.1) is 0 Å². The Morgan fingerprint density at radius 1 is 1.26 bits per heavy atom. The number of hydrogen-bond acceptors (Lipinski definition) is 4. The molecule has 110 valence electrons. The Morgan fingerprint density at radius 2 is 1.89 bits per heavy atom. The van der Waals surface area contributed by atoms with E-state index in [1.165, 1.54) is 30.8 Å². The average molecular weight is 269 g/mol. The van der Waals surface area contributed by atoms with Crippen LogP contribution in [0.3, 0.4) is 0 Å². The standard InChI is InChI=1S/C14H27N3O2/c1-3-19-14(18)12-16-8-10-17(11-9-16)13-4-6-15(2)7-5-13/h13,15H,2-12H2,1H3. The molecule has 0 spiro atoms. The smallest absolute Gasteiger partial charge is 0.320 e. The minimum atomic E-state index is -0.0927. The van der Waals surface area contributed by atoms with Gasteiger partial charge in [0.05, 0.1) is 26.2 Å². The molecule has 0 aliphatic carbocycles. The van der Waals surface area contributed by atoms with Crippen molar-refractivity contribution in [2.24, 2.45) is 0 Å². The quantitative estimate of drug-likeness (QED) is 0.525. The van der Waals surface area contributed by atoms with Crippen LogP contribution in [0.4, 0.5) is 0 Å². The molecule has 0 bridgehead atoms. The second kappa shape index (κ2) is 7.22. The van der Waals surface area contributed by atoms with E-state index in [0.29, 0.717) is 13.2 Å². The molecule has 0 saturated carbocycles. The Bertz CT molecular complexity index is 282. The van der Waals surface area contributed by atoms with Crippen LogP contribution in [0.5, 0.6) is 0 Å². The minimum Gasteiger partial charge on any atom is -0.468 e. The minimum absolute atomic E-state index is 0.0927. The highest BCUT2D eigenvalue weighted by Gasteiger charge is 2.27. The van der Waals surface area contributed by atoms with Crippen molar-refractivity contribution in [3.8, 4) is 0 Å². The van der Waals surface area contributed by atoms with Crippen LogP contribution in [0.1, 0.15) is 19.8 Å². The molecule has 0 radical (unpaired) electrons. The van der Waals surface area contributed by atoms with Gasteiger partial charge in [-0.2, -0.15) is 7.05 Å². The van der Waals surface area contributed by atoms with Gasteiger partial charge in [0.1, 0.15) is 0 Å². The molecule has 0 aromatic heterocycles. The zero-order valence-corrected chi connectivity index (χ0v) is 12.1. The van der Waals surface area contributed by atoms with Crippen molar-refractivity contribution in [3.63, 3.8) is 0 Å². The van der Waals surface area contributed by atoms with Crippen molar-refractivity contribution in [2.75, 3.05) is 52.4 Å². The highest BCUT2D eigenvalue weighted by atomic mass is 16.5. The van der Waals surface area contributed by atoms with Crippen LogP contribution in [0.2, 0.25) is 0 Å². The molecule has 2 fully saturated rings. The van der Waals surface area contributed by atoms with Gasteiger partial charge in [0.15, 0.2) is 0 Å². The molecule has 1 N–H and O–H groups in total. The largest absolute Gasteiger partial charge is 0.468 e. The fourth-order valence-electron chi connectivity index (χ4n) is 3.05. The molecule has 2 saturated heterocycles. The van der Waals surface area contributed by atoms with E-state index >= 15 is 0 Å². The van der Waals surface area contributed by atoms with Crippen LogP contribution in [-0.2, 0) is 9.53 Å². The van der Waals surface area contributed by atoms with Crippen LogP contribution in [-0.4, -0.2) is 74.2 Å². The fraction of sp³-hybridized carbons (Fsp3) is 0.857. The molecule has 5 heteroatoms. The van der Waals surface area contributed by atoms with E-state index in [1.54, 1.807) is 0 Å². The average Bonchev–Trinajstić information content (AvgIpc) is 2.41. The summed E-state index contributed by atoms with van der Waals surface area (Å²) in [5, 5.41) is 0. The zero-order chi connectivity index (χ0) is 13.7. The summed E-state index contributed by atoms with van der Waals surface area (Å²) in [5.74, 6) is -0.0927. The molecule has 0 atom stereocenters. The third-order valence-corrected chi connectivity index (χ3v) is 4.24. The summed E-state index contributed by atoms with van der Waals surface area (Å²) < 4.78 is 5.00. The van der Waals surface area contributed by atoms with Crippen LogP contribution >= 0.6 is 0 Å². The second-order valence-corrected chi connectivity index (χ2v) is 5.60. The lowest BCUT2D eigenvalue weighted by Gasteiger charge is -2.42. The summed E-state index contributed by atoms with van der Waals surface area (Å²) in [7, 11) is 4.08. The van der Waals surface area contributed by atoms with Gasteiger partial charge in [-0.3, -0.25) is 14.6 Å². The highest BCUT2D eigenvalue weighted by Crippen LogP contribution is 2.13. The summed E-state index contributed by atoms with van der Waals surface area (Å²) in [6.07, 6.45) is 2.52. The fourth-order valence-corrected chi connectivity index (χ4v) is 3.05. The number of hydrogen-bond donors (Lipinski definition) is 1. The van der Waals surface area contributed by atoms with E-state index in [0.717, 1.165) is 32.2 Å². The molecule has 2 aliphatic rings. The number of piperidine rings is 1. The Balaban J connectivity index is 1.69. The number of quaternary nitrogens is 1. The monoisotopic (exact) mass is 269 g/mol. The van der Waals surface area contributed by atoms with Crippen molar-refractivity contribution in [1.82, 2.24) is 9.80 Å². The maximum atomic E-state index is 11.4. The van der Waals surface area contributed by atoms with E-state index < -0.39 is 0 Å². The molecule has 5 nitrogen and oxygen atoms in total. The molecule has 0 amide bonds. The van der Waals surface area contributed by atoms with Crippen LogP contribution in [0.15, 0.2) is 0 Å². The van der Waals surface area contributed by atoms with Gasteiger partial charge in [0, 0.05) is 45.1 Å². The van der Waals surface area contributed by atoms with Gasteiger partial charge in [-0.1, -0.05) is 0 Å². The first kappa shape index (κ1) is 14.8. The zero-order valence-electron chi connectivity index (χ0n) is 12.1. The van der Waals surface area contributed by atoms with Crippen molar-refractivity contribution in [2.45, 2.75) is 25.8 Å². The van der Waals surface area contributed by atoms with E-state index in [2.05, 4.69) is 16.8 Å². The Kier molecular flexibility index (Phi) is 5.60. The third-order valence-electron chi connectivity index (χ3n) is 4.24. The van der Waals surface area contributed by atoms with E-state index in [9.17, 15) is 4.79 Å². The first-order valence-corrected chi connectivity index (χ1v) is 7.47. The van der Waals surface area contributed by atoms with Crippen LogP contribution < -0.4 is 4.90 Å². The summed E-state index contributed by atoms with van der Waals surface area (Å²) in [6.45, 7) is 9.28. The van der Waals surface area contributed by atoms with Crippen molar-refractivity contribution >= 4 is 5.97 Å². The lowest BCUT2D eigenvalue weighted by molar-refractivity contribution is -0.859. The molecule has 19 heavy (non-hydrogen) atoms. The molecule has 2 rings (SSSR count). The molecule has 0 unspecified atom stereocenters.